The number of aromatic amines is 1. The predicted molar refractivity (Wildman–Crippen MR) is 82.7 cm³/mol. The number of rotatable bonds is 6. The molecule has 0 aliphatic rings. The molecule has 2 aromatic rings. The van der Waals surface area contributed by atoms with Gasteiger partial charge in [0.2, 0.25) is 5.78 Å². The zero-order valence-corrected chi connectivity index (χ0v) is 12.4. The number of carbonyl (C=O) groups is 2. The van der Waals surface area contributed by atoms with Crippen molar-refractivity contribution in [1.82, 2.24) is 4.98 Å². The third-order valence-corrected chi connectivity index (χ3v) is 3.00. The summed E-state index contributed by atoms with van der Waals surface area (Å²) in [6, 6.07) is 11.8. The number of benzene rings is 1. The van der Waals surface area contributed by atoms with Crippen molar-refractivity contribution in [3.05, 3.63) is 59.4 Å². The van der Waals surface area contributed by atoms with Crippen LogP contribution in [0.1, 0.15) is 16.1 Å². The number of Topliss-reactive ketones (excluding diaryl/α,β-unsaturated/α-hetero) is 1. The summed E-state index contributed by atoms with van der Waals surface area (Å²) in [5, 5.41) is 9.07. The number of H-pyrrole nitrogens is 1. The minimum absolute atomic E-state index is 0.186. The highest BCUT2D eigenvalue weighted by Crippen LogP contribution is 2.14. The molecule has 6 heteroatoms. The summed E-state index contributed by atoms with van der Waals surface area (Å²) in [7, 11) is 1.55. The number of ketones is 1. The topological polar surface area (TPSA) is 92.2 Å². The first-order chi connectivity index (χ1) is 11.1. The average Bonchev–Trinajstić information content (AvgIpc) is 3.12. The maximum atomic E-state index is 11.9. The largest absolute Gasteiger partial charge is 0.497 e. The standard InChI is InChI=1S/C17H14N2O4/c1-22-14-6-4-12(5-7-14)9-13(10-18)17(21)23-11-16(20)15-3-2-8-19-15/h2-9,19H,11H2,1H3. The molecule has 2 rings (SSSR count). The third kappa shape index (κ3) is 4.32. The van der Waals surface area contributed by atoms with E-state index in [0.29, 0.717) is 17.0 Å². The van der Waals surface area contributed by atoms with Crippen LogP contribution < -0.4 is 4.74 Å². The van der Waals surface area contributed by atoms with Crippen LogP contribution in [0.25, 0.3) is 6.08 Å². The van der Waals surface area contributed by atoms with Crippen molar-refractivity contribution in [2.24, 2.45) is 0 Å². The fourth-order valence-corrected chi connectivity index (χ4v) is 1.79. The van der Waals surface area contributed by atoms with Gasteiger partial charge in [-0.2, -0.15) is 5.26 Å². The zero-order valence-electron chi connectivity index (χ0n) is 12.4. The molecule has 6 nitrogen and oxygen atoms in total. The number of nitrogens with zero attached hydrogens (tertiary/aromatic N) is 1. The van der Waals surface area contributed by atoms with Crippen LogP contribution >= 0.6 is 0 Å². The lowest BCUT2D eigenvalue weighted by molar-refractivity contribution is -0.137. The Labute approximate surface area is 133 Å². The van der Waals surface area contributed by atoms with E-state index in [-0.39, 0.29) is 11.4 Å². The van der Waals surface area contributed by atoms with Crippen molar-refractivity contribution >= 4 is 17.8 Å². The third-order valence-electron chi connectivity index (χ3n) is 3.00. The molecule has 0 radical (unpaired) electrons. The van der Waals surface area contributed by atoms with Crippen LogP contribution in [0.2, 0.25) is 0 Å². The quantitative estimate of drug-likeness (QED) is 0.383. The van der Waals surface area contributed by atoms with E-state index in [9.17, 15) is 9.59 Å². The predicted octanol–water partition coefficient (Wildman–Crippen LogP) is 2.36. The number of aromatic nitrogens is 1. The number of hydrogen-bond donors (Lipinski definition) is 1. The Hall–Kier alpha value is -3.33. The van der Waals surface area contributed by atoms with Crippen LogP contribution in [0.15, 0.2) is 48.2 Å². The van der Waals surface area contributed by atoms with Gasteiger partial charge in [0.15, 0.2) is 6.61 Å². The SMILES string of the molecule is COc1ccc(C=C(C#N)C(=O)OCC(=O)c2ccc[nH]2)cc1. The van der Waals surface area contributed by atoms with E-state index in [4.69, 9.17) is 14.7 Å². The summed E-state index contributed by atoms with van der Waals surface area (Å²) in [4.78, 5) is 26.3. The highest BCUT2D eigenvalue weighted by Gasteiger charge is 2.14. The lowest BCUT2D eigenvalue weighted by atomic mass is 10.1. The lowest BCUT2D eigenvalue weighted by Crippen LogP contribution is -2.15. The number of nitriles is 1. The second-order valence-electron chi connectivity index (χ2n) is 4.53. The summed E-state index contributed by atoms with van der Waals surface area (Å²) >= 11 is 0. The van der Waals surface area contributed by atoms with Crippen LogP contribution in [-0.4, -0.2) is 30.5 Å². The van der Waals surface area contributed by atoms with Crippen molar-refractivity contribution in [2.75, 3.05) is 13.7 Å². The Bertz CT molecular complexity index is 753. The van der Waals surface area contributed by atoms with Gasteiger partial charge in [-0.05, 0) is 35.9 Å². The molecule has 0 bridgehead atoms. The number of methoxy groups -OCH3 is 1. The molecule has 0 unspecified atom stereocenters. The fraction of sp³-hybridized carbons (Fsp3) is 0.118. The maximum absolute atomic E-state index is 11.9. The van der Waals surface area contributed by atoms with Gasteiger partial charge < -0.3 is 14.5 Å². The summed E-state index contributed by atoms with van der Waals surface area (Å²) in [5.74, 6) is -0.548. The van der Waals surface area contributed by atoms with Gasteiger partial charge in [0, 0.05) is 6.20 Å². The normalized spacial score (nSPS) is 10.7. The van der Waals surface area contributed by atoms with Crippen molar-refractivity contribution in [1.29, 1.82) is 5.26 Å². The molecule has 1 heterocycles. The van der Waals surface area contributed by atoms with Crippen LogP contribution in [0.4, 0.5) is 0 Å². The number of nitrogens with one attached hydrogen (secondary N) is 1. The lowest BCUT2D eigenvalue weighted by Gasteiger charge is -2.03. The van der Waals surface area contributed by atoms with Crippen LogP contribution in [-0.2, 0) is 9.53 Å². The van der Waals surface area contributed by atoms with Crippen molar-refractivity contribution < 1.29 is 19.1 Å². The number of esters is 1. The highest BCUT2D eigenvalue weighted by atomic mass is 16.5. The second-order valence-corrected chi connectivity index (χ2v) is 4.53. The maximum Gasteiger partial charge on any atom is 0.349 e. The molecule has 1 aromatic heterocycles. The van der Waals surface area contributed by atoms with E-state index in [0.717, 1.165) is 0 Å². The van der Waals surface area contributed by atoms with Gasteiger partial charge in [0.1, 0.15) is 17.4 Å². The van der Waals surface area contributed by atoms with Gasteiger partial charge >= 0.3 is 5.97 Å². The van der Waals surface area contributed by atoms with Gasteiger partial charge in [-0.15, -0.1) is 0 Å². The van der Waals surface area contributed by atoms with E-state index >= 15 is 0 Å². The van der Waals surface area contributed by atoms with Crippen molar-refractivity contribution in [3.63, 3.8) is 0 Å². The highest BCUT2D eigenvalue weighted by molar-refractivity contribution is 6.01. The van der Waals surface area contributed by atoms with Crippen LogP contribution in [0.5, 0.6) is 5.75 Å². The summed E-state index contributed by atoms with van der Waals surface area (Å²) in [6.07, 6.45) is 2.99. The monoisotopic (exact) mass is 310 g/mol. The molecule has 0 saturated carbocycles. The summed E-state index contributed by atoms with van der Waals surface area (Å²) in [5.41, 5.74) is 0.805. The van der Waals surface area contributed by atoms with Crippen molar-refractivity contribution in [2.45, 2.75) is 0 Å². The molecule has 0 spiro atoms. The Morgan fingerprint density at radius 3 is 2.57 bits per heavy atom. The molecule has 0 fully saturated rings. The molecule has 0 amide bonds. The summed E-state index contributed by atoms with van der Waals surface area (Å²) < 4.78 is 9.90. The van der Waals surface area contributed by atoms with Gasteiger partial charge in [-0.3, -0.25) is 4.79 Å². The Morgan fingerprint density at radius 1 is 1.26 bits per heavy atom. The number of carbonyl (C=O) groups excluding carboxylic acids is 2. The molecule has 0 saturated heterocycles. The van der Waals surface area contributed by atoms with E-state index in [1.165, 1.54) is 6.08 Å². The van der Waals surface area contributed by atoms with Crippen LogP contribution in [0, 0.1) is 11.3 Å². The zero-order chi connectivity index (χ0) is 16.7. The molecule has 0 aliphatic heterocycles. The van der Waals surface area contributed by atoms with Gasteiger partial charge in [-0.25, -0.2) is 4.79 Å². The van der Waals surface area contributed by atoms with Crippen LogP contribution in [0.3, 0.4) is 0 Å². The van der Waals surface area contributed by atoms with Gasteiger partial charge in [0.05, 0.1) is 12.8 Å². The molecule has 116 valence electrons. The van der Waals surface area contributed by atoms with E-state index in [1.54, 1.807) is 55.8 Å². The average molecular weight is 310 g/mol. The minimum atomic E-state index is -0.844. The fourth-order valence-electron chi connectivity index (χ4n) is 1.79. The minimum Gasteiger partial charge on any atom is -0.497 e. The number of hydrogen-bond acceptors (Lipinski definition) is 5. The second kappa shape index (κ2) is 7.61. The van der Waals surface area contributed by atoms with Gasteiger partial charge in [0.25, 0.3) is 0 Å². The van der Waals surface area contributed by atoms with Crippen molar-refractivity contribution in [3.8, 4) is 11.8 Å². The molecule has 1 aromatic carbocycles. The summed E-state index contributed by atoms with van der Waals surface area (Å²) in [6.45, 7) is -0.430. The first-order valence-electron chi connectivity index (χ1n) is 6.73. The first-order valence-corrected chi connectivity index (χ1v) is 6.73. The number of ether oxygens (including phenoxy) is 2. The Kier molecular flexibility index (Phi) is 5.31. The Balaban J connectivity index is 2.01. The molecule has 1 N–H and O–H groups in total. The first kappa shape index (κ1) is 16.0. The van der Waals surface area contributed by atoms with Gasteiger partial charge in [-0.1, -0.05) is 12.1 Å². The molecular weight excluding hydrogens is 296 g/mol. The molecule has 0 atom stereocenters. The molecular formula is C17H14N2O4. The van der Waals surface area contributed by atoms with E-state index in [1.807, 2.05) is 0 Å². The smallest absolute Gasteiger partial charge is 0.349 e. The van der Waals surface area contributed by atoms with E-state index in [2.05, 4.69) is 4.98 Å². The Morgan fingerprint density at radius 2 is 2.00 bits per heavy atom. The molecule has 23 heavy (non-hydrogen) atoms. The molecule has 0 aliphatic carbocycles. The van der Waals surface area contributed by atoms with E-state index < -0.39 is 12.6 Å².